The van der Waals surface area contributed by atoms with Gasteiger partial charge in [0.15, 0.2) is 0 Å². The number of hydrogen-bond acceptors (Lipinski definition) is 3. The minimum absolute atomic E-state index is 0.372. The summed E-state index contributed by atoms with van der Waals surface area (Å²) in [6.07, 6.45) is 3.07. The molecule has 0 N–H and O–H groups in total. The Morgan fingerprint density at radius 2 is 2.19 bits per heavy atom. The number of rotatable bonds is 4. The first kappa shape index (κ1) is 12.3. The van der Waals surface area contributed by atoms with Crippen molar-refractivity contribution >= 4 is 12.0 Å². The molecular formula is C13H16O3. The van der Waals surface area contributed by atoms with E-state index in [1.807, 2.05) is 32.0 Å². The second-order valence-corrected chi connectivity index (χ2v) is 3.33. The van der Waals surface area contributed by atoms with Crippen LogP contribution in [0.25, 0.3) is 6.08 Å². The zero-order valence-electron chi connectivity index (χ0n) is 9.82. The molecule has 86 valence electrons. The highest BCUT2D eigenvalue weighted by Gasteiger charge is 2.01. The van der Waals surface area contributed by atoms with Gasteiger partial charge in [-0.05, 0) is 31.6 Å². The minimum atomic E-state index is -0.372. The monoisotopic (exact) mass is 220 g/mol. The van der Waals surface area contributed by atoms with Gasteiger partial charge in [0, 0.05) is 11.6 Å². The van der Waals surface area contributed by atoms with Crippen molar-refractivity contribution in [3.63, 3.8) is 0 Å². The van der Waals surface area contributed by atoms with Crippen LogP contribution in [0.5, 0.6) is 5.75 Å². The largest absolute Gasteiger partial charge is 0.493 e. The van der Waals surface area contributed by atoms with E-state index in [4.69, 9.17) is 4.74 Å². The molecule has 0 radical (unpaired) electrons. The van der Waals surface area contributed by atoms with Crippen molar-refractivity contribution in [3.8, 4) is 5.75 Å². The van der Waals surface area contributed by atoms with Gasteiger partial charge in [-0.15, -0.1) is 0 Å². The number of methoxy groups -OCH3 is 1. The smallest absolute Gasteiger partial charge is 0.330 e. The zero-order chi connectivity index (χ0) is 12.0. The maximum atomic E-state index is 11.0. The Labute approximate surface area is 95.7 Å². The summed E-state index contributed by atoms with van der Waals surface area (Å²) in [6.45, 7) is 4.52. The quantitative estimate of drug-likeness (QED) is 0.578. The van der Waals surface area contributed by atoms with Crippen molar-refractivity contribution in [2.75, 3.05) is 13.7 Å². The molecule has 3 heteroatoms. The van der Waals surface area contributed by atoms with Crippen LogP contribution in [0.4, 0.5) is 0 Å². The average molecular weight is 220 g/mol. The Bertz CT molecular complexity index is 394. The molecule has 0 aromatic heterocycles. The van der Waals surface area contributed by atoms with E-state index in [-0.39, 0.29) is 5.97 Å². The maximum Gasteiger partial charge on any atom is 0.330 e. The summed E-state index contributed by atoms with van der Waals surface area (Å²) in [5.74, 6) is 0.408. The molecule has 0 saturated carbocycles. The van der Waals surface area contributed by atoms with Crippen LogP contribution in [-0.4, -0.2) is 19.7 Å². The summed E-state index contributed by atoms with van der Waals surface area (Å²) in [4.78, 5) is 11.0. The molecule has 0 aliphatic rings. The van der Waals surface area contributed by atoms with Gasteiger partial charge in [0.2, 0.25) is 0 Å². The molecule has 0 amide bonds. The van der Waals surface area contributed by atoms with Crippen LogP contribution in [0.1, 0.15) is 18.1 Å². The van der Waals surface area contributed by atoms with E-state index in [0.29, 0.717) is 6.61 Å². The summed E-state index contributed by atoms with van der Waals surface area (Å²) in [7, 11) is 1.35. The molecule has 1 rings (SSSR count). The molecule has 1 aromatic rings. The predicted molar refractivity (Wildman–Crippen MR) is 63.4 cm³/mol. The molecule has 0 aliphatic carbocycles. The first-order valence-corrected chi connectivity index (χ1v) is 5.17. The Morgan fingerprint density at radius 3 is 2.81 bits per heavy atom. The molecule has 0 fully saturated rings. The predicted octanol–water partition coefficient (Wildman–Crippen LogP) is 2.58. The third kappa shape index (κ3) is 3.42. The molecule has 0 heterocycles. The van der Waals surface area contributed by atoms with E-state index >= 15 is 0 Å². The lowest BCUT2D eigenvalue weighted by molar-refractivity contribution is -0.134. The van der Waals surface area contributed by atoms with Crippen LogP contribution < -0.4 is 4.74 Å². The molecule has 0 bridgehead atoms. The van der Waals surface area contributed by atoms with Crippen LogP contribution in [0.15, 0.2) is 24.3 Å². The molecule has 3 nitrogen and oxygen atoms in total. The number of carbonyl (C=O) groups excluding carboxylic acids is 1. The number of esters is 1. The number of benzene rings is 1. The first-order valence-electron chi connectivity index (χ1n) is 5.17. The van der Waals surface area contributed by atoms with Crippen molar-refractivity contribution in [2.24, 2.45) is 0 Å². The van der Waals surface area contributed by atoms with Gasteiger partial charge in [-0.2, -0.15) is 0 Å². The average Bonchev–Trinajstić information content (AvgIpc) is 2.28. The zero-order valence-corrected chi connectivity index (χ0v) is 9.82. The summed E-state index contributed by atoms with van der Waals surface area (Å²) in [5, 5.41) is 0. The van der Waals surface area contributed by atoms with Crippen molar-refractivity contribution < 1.29 is 14.3 Å². The number of aryl methyl sites for hydroxylation is 1. The lowest BCUT2D eigenvalue weighted by Gasteiger charge is -2.07. The van der Waals surface area contributed by atoms with Crippen LogP contribution in [0.3, 0.4) is 0 Å². The van der Waals surface area contributed by atoms with Crippen LogP contribution in [0.2, 0.25) is 0 Å². The Balaban J connectivity index is 2.94. The minimum Gasteiger partial charge on any atom is -0.493 e. The van der Waals surface area contributed by atoms with Gasteiger partial charge >= 0.3 is 5.97 Å². The molecular weight excluding hydrogens is 204 g/mol. The molecule has 1 aromatic carbocycles. The van der Waals surface area contributed by atoms with Gasteiger partial charge in [-0.1, -0.05) is 12.1 Å². The Morgan fingerprint density at radius 1 is 1.44 bits per heavy atom. The lowest BCUT2D eigenvalue weighted by atomic mass is 10.1. The van der Waals surface area contributed by atoms with E-state index < -0.39 is 0 Å². The standard InChI is InChI=1S/C13H16O3/c1-4-16-12-9-10(2)5-6-11(12)7-8-13(14)15-3/h5-9H,4H2,1-3H3/b8-7+. The van der Waals surface area contributed by atoms with Crippen LogP contribution in [-0.2, 0) is 9.53 Å². The van der Waals surface area contributed by atoms with Gasteiger partial charge in [-0.3, -0.25) is 0 Å². The molecule has 0 unspecified atom stereocenters. The molecule has 0 saturated heterocycles. The van der Waals surface area contributed by atoms with E-state index in [0.717, 1.165) is 16.9 Å². The first-order chi connectivity index (χ1) is 7.67. The highest BCUT2D eigenvalue weighted by Crippen LogP contribution is 2.21. The molecule has 0 spiro atoms. The Hall–Kier alpha value is -1.77. The highest BCUT2D eigenvalue weighted by molar-refractivity contribution is 5.87. The summed E-state index contributed by atoms with van der Waals surface area (Å²) in [6, 6.07) is 5.83. The normalized spacial score (nSPS) is 10.4. The van der Waals surface area contributed by atoms with Crippen molar-refractivity contribution in [1.82, 2.24) is 0 Å². The van der Waals surface area contributed by atoms with Gasteiger partial charge in [0.05, 0.1) is 13.7 Å². The van der Waals surface area contributed by atoms with E-state index in [9.17, 15) is 4.79 Å². The summed E-state index contributed by atoms with van der Waals surface area (Å²) >= 11 is 0. The van der Waals surface area contributed by atoms with Gasteiger partial charge in [-0.25, -0.2) is 4.79 Å². The summed E-state index contributed by atoms with van der Waals surface area (Å²) in [5.41, 5.74) is 2.00. The van der Waals surface area contributed by atoms with Crippen LogP contribution in [0, 0.1) is 6.92 Å². The second kappa shape index (κ2) is 5.95. The molecule has 16 heavy (non-hydrogen) atoms. The number of carbonyl (C=O) groups is 1. The second-order valence-electron chi connectivity index (χ2n) is 3.33. The van der Waals surface area contributed by atoms with E-state index in [1.165, 1.54) is 13.2 Å². The van der Waals surface area contributed by atoms with Crippen molar-refractivity contribution in [2.45, 2.75) is 13.8 Å². The fourth-order valence-electron chi connectivity index (χ4n) is 1.29. The summed E-state index contributed by atoms with van der Waals surface area (Å²) < 4.78 is 10.0. The van der Waals surface area contributed by atoms with Crippen molar-refractivity contribution in [1.29, 1.82) is 0 Å². The lowest BCUT2D eigenvalue weighted by Crippen LogP contribution is -1.96. The van der Waals surface area contributed by atoms with Gasteiger partial charge in [0.25, 0.3) is 0 Å². The topological polar surface area (TPSA) is 35.5 Å². The highest BCUT2D eigenvalue weighted by atomic mass is 16.5. The molecule has 0 atom stereocenters. The van der Waals surface area contributed by atoms with E-state index in [2.05, 4.69) is 4.74 Å². The Kier molecular flexibility index (Phi) is 4.58. The molecule has 0 aliphatic heterocycles. The SMILES string of the molecule is CCOc1cc(C)ccc1/C=C/C(=O)OC. The fraction of sp³-hybridized carbons (Fsp3) is 0.308. The third-order valence-electron chi connectivity index (χ3n) is 2.07. The number of ether oxygens (including phenoxy) is 2. The van der Waals surface area contributed by atoms with Crippen molar-refractivity contribution in [3.05, 3.63) is 35.4 Å². The fourth-order valence-corrected chi connectivity index (χ4v) is 1.29. The van der Waals surface area contributed by atoms with Gasteiger partial charge in [0.1, 0.15) is 5.75 Å². The van der Waals surface area contributed by atoms with Gasteiger partial charge < -0.3 is 9.47 Å². The third-order valence-corrected chi connectivity index (χ3v) is 2.07. The number of hydrogen-bond donors (Lipinski definition) is 0. The maximum absolute atomic E-state index is 11.0. The van der Waals surface area contributed by atoms with E-state index in [1.54, 1.807) is 6.08 Å². The van der Waals surface area contributed by atoms with Crippen LogP contribution >= 0.6 is 0 Å².